The van der Waals surface area contributed by atoms with Crippen LogP contribution in [0.25, 0.3) is 0 Å². The van der Waals surface area contributed by atoms with Crippen molar-refractivity contribution >= 4 is 28.9 Å². The van der Waals surface area contributed by atoms with E-state index in [1.165, 1.54) is 0 Å². The van der Waals surface area contributed by atoms with Crippen molar-refractivity contribution in [2.75, 3.05) is 10.6 Å². The first-order valence-corrected chi connectivity index (χ1v) is 9.25. The van der Waals surface area contributed by atoms with Crippen LogP contribution in [0.2, 0.25) is 0 Å². The Balaban J connectivity index is 1.52. The van der Waals surface area contributed by atoms with E-state index in [9.17, 15) is 14.7 Å². The average Bonchev–Trinajstić information content (AvgIpc) is 2.74. The number of nitrogens with zero attached hydrogens (tertiary/aromatic N) is 1. The highest BCUT2D eigenvalue weighted by Crippen LogP contribution is 2.18. The highest BCUT2D eigenvalue weighted by Gasteiger charge is 2.18. The van der Waals surface area contributed by atoms with Gasteiger partial charge in [-0.15, -0.1) is 0 Å². The van der Waals surface area contributed by atoms with Gasteiger partial charge in [0, 0.05) is 35.0 Å². The Morgan fingerprint density at radius 1 is 0.931 bits per heavy atom. The van der Waals surface area contributed by atoms with Gasteiger partial charge in [-0.25, -0.2) is 0 Å². The van der Waals surface area contributed by atoms with Crippen molar-refractivity contribution in [1.82, 2.24) is 4.98 Å². The smallest absolute Gasteiger partial charge is 0.230 e. The number of nitrogens with two attached hydrogens (primary N) is 1. The zero-order chi connectivity index (χ0) is 20.5. The van der Waals surface area contributed by atoms with E-state index < -0.39 is 12.0 Å². The Bertz CT molecular complexity index is 931. The topological polar surface area (TPSA) is 111 Å². The molecule has 7 heteroatoms. The fourth-order valence-corrected chi connectivity index (χ4v) is 2.80. The molecule has 7 nitrogen and oxygen atoms in total. The lowest BCUT2D eigenvalue weighted by Crippen LogP contribution is -2.92. The third-order valence-corrected chi connectivity index (χ3v) is 4.30. The molecular formula is C22H22N4O3. The maximum atomic E-state index is 12.3. The molecule has 29 heavy (non-hydrogen) atoms. The fraction of sp³-hybridized carbons (Fsp3) is 0.136. The van der Waals surface area contributed by atoms with E-state index >= 15 is 0 Å². The molecule has 0 aliphatic heterocycles. The number of nitrogens with one attached hydrogen (secondary N) is 2. The summed E-state index contributed by atoms with van der Waals surface area (Å²) < 4.78 is 0. The summed E-state index contributed by atoms with van der Waals surface area (Å²) in [6.45, 7) is 0.402. The number of pyridine rings is 1. The van der Waals surface area contributed by atoms with Gasteiger partial charge in [0.1, 0.15) is 12.6 Å². The lowest BCUT2D eigenvalue weighted by Gasteiger charge is -2.16. The van der Waals surface area contributed by atoms with Crippen LogP contribution in [-0.4, -0.2) is 22.9 Å². The summed E-state index contributed by atoms with van der Waals surface area (Å²) in [4.78, 5) is 27.6. The SMILES string of the molecule is O=C(C[C@H]([NH2+]Cc1cccnc1)C(=O)[O-])Nc1ccc(Nc2ccccc2)cc1. The van der Waals surface area contributed by atoms with E-state index in [1.54, 1.807) is 35.9 Å². The van der Waals surface area contributed by atoms with Gasteiger partial charge in [0.05, 0.1) is 12.4 Å². The number of anilines is 3. The standard InChI is InChI=1S/C22H22N4O3/c27-21(13-20(22(28)29)24-15-16-5-4-12-23-14-16)26-19-10-8-18(9-11-19)25-17-6-2-1-3-7-17/h1-12,14,20,24-25H,13,15H2,(H,26,27)(H,28,29)/t20-/m0/s1. The number of carbonyl (C=O) groups excluding carboxylic acids is 2. The lowest BCUT2D eigenvalue weighted by molar-refractivity contribution is -0.697. The largest absolute Gasteiger partial charge is 0.544 e. The normalized spacial score (nSPS) is 11.4. The summed E-state index contributed by atoms with van der Waals surface area (Å²) >= 11 is 0. The number of benzene rings is 2. The number of carbonyl (C=O) groups is 2. The molecule has 0 bridgehead atoms. The third-order valence-electron chi connectivity index (χ3n) is 4.30. The summed E-state index contributed by atoms with van der Waals surface area (Å²) in [7, 11) is 0. The Kier molecular flexibility index (Phi) is 6.91. The molecule has 4 N–H and O–H groups in total. The molecule has 0 aliphatic carbocycles. The second-order valence-electron chi connectivity index (χ2n) is 6.55. The van der Waals surface area contributed by atoms with E-state index in [0.717, 1.165) is 16.9 Å². The maximum absolute atomic E-state index is 12.3. The first kappa shape index (κ1) is 20.0. The number of carboxylic acids is 1. The van der Waals surface area contributed by atoms with Gasteiger partial charge in [-0.05, 0) is 42.5 Å². The molecular weight excluding hydrogens is 368 g/mol. The molecule has 1 atom stereocenters. The Labute approximate surface area is 168 Å². The number of aliphatic carboxylic acids is 1. The van der Waals surface area contributed by atoms with Crippen molar-refractivity contribution in [2.45, 2.75) is 19.0 Å². The Morgan fingerprint density at radius 3 is 2.28 bits per heavy atom. The van der Waals surface area contributed by atoms with Crippen LogP contribution < -0.4 is 21.1 Å². The molecule has 0 unspecified atom stereocenters. The van der Waals surface area contributed by atoms with Crippen LogP contribution in [0.3, 0.4) is 0 Å². The number of para-hydroxylation sites is 1. The Morgan fingerprint density at radius 2 is 1.62 bits per heavy atom. The molecule has 1 heterocycles. The minimum absolute atomic E-state index is 0.188. The van der Waals surface area contributed by atoms with Crippen LogP contribution in [0.5, 0.6) is 0 Å². The summed E-state index contributed by atoms with van der Waals surface area (Å²) in [5.41, 5.74) is 3.32. The summed E-state index contributed by atoms with van der Waals surface area (Å²) in [6, 6.07) is 19.6. The first-order chi connectivity index (χ1) is 14.1. The number of quaternary nitrogens is 1. The number of aromatic nitrogens is 1. The predicted octanol–water partition coefficient (Wildman–Crippen LogP) is 1.04. The Hall–Kier alpha value is -3.71. The van der Waals surface area contributed by atoms with Crippen LogP contribution in [0.4, 0.5) is 17.1 Å². The van der Waals surface area contributed by atoms with Crippen molar-refractivity contribution in [1.29, 1.82) is 0 Å². The van der Waals surface area contributed by atoms with E-state index in [-0.39, 0.29) is 12.3 Å². The molecule has 3 rings (SSSR count). The lowest BCUT2D eigenvalue weighted by atomic mass is 10.1. The van der Waals surface area contributed by atoms with Gasteiger partial charge >= 0.3 is 0 Å². The van der Waals surface area contributed by atoms with Gasteiger partial charge in [0.2, 0.25) is 5.91 Å². The predicted molar refractivity (Wildman–Crippen MR) is 108 cm³/mol. The van der Waals surface area contributed by atoms with Crippen LogP contribution in [0.15, 0.2) is 79.1 Å². The van der Waals surface area contributed by atoms with Gasteiger partial charge in [-0.2, -0.15) is 0 Å². The summed E-state index contributed by atoms with van der Waals surface area (Å²) in [5, 5.41) is 18.9. The van der Waals surface area contributed by atoms with E-state index in [1.807, 2.05) is 48.5 Å². The highest BCUT2D eigenvalue weighted by molar-refractivity contribution is 5.93. The van der Waals surface area contributed by atoms with Gasteiger partial charge in [-0.1, -0.05) is 24.3 Å². The molecule has 148 valence electrons. The van der Waals surface area contributed by atoms with Crippen molar-refractivity contribution < 1.29 is 20.0 Å². The number of carboxylic acid groups (broad SMARTS) is 1. The second-order valence-corrected chi connectivity index (χ2v) is 6.55. The zero-order valence-corrected chi connectivity index (χ0v) is 15.7. The molecule has 1 aromatic heterocycles. The minimum Gasteiger partial charge on any atom is -0.544 e. The number of hydrogen-bond acceptors (Lipinski definition) is 5. The summed E-state index contributed by atoms with van der Waals surface area (Å²) in [6.07, 6.45) is 3.12. The first-order valence-electron chi connectivity index (χ1n) is 9.25. The van der Waals surface area contributed by atoms with Crippen molar-refractivity contribution in [3.63, 3.8) is 0 Å². The molecule has 0 radical (unpaired) electrons. The third kappa shape index (κ3) is 6.44. The average molecular weight is 390 g/mol. The molecule has 2 aromatic carbocycles. The molecule has 3 aromatic rings. The molecule has 0 fully saturated rings. The van der Waals surface area contributed by atoms with Crippen molar-refractivity contribution in [3.8, 4) is 0 Å². The number of rotatable bonds is 9. The van der Waals surface area contributed by atoms with Gasteiger partial charge in [0.25, 0.3) is 0 Å². The second kappa shape index (κ2) is 10.0. The molecule has 0 saturated heterocycles. The highest BCUT2D eigenvalue weighted by atomic mass is 16.4. The van der Waals surface area contributed by atoms with Crippen LogP contribution in [-0.2, 0) is 16.1 Å². The van der Waals surface area contributed by atoms with Crippen molar-refractivity contribution in [3.05, 3.63) is 84.7 Å². The van der Waals surface area contributed by atoms with Crippen molar-refractivity contribution in [2.24, 2.45) is 0 Å². The van der Waals surface area contributed by atoms with Gasteiger partial charge in [-0.3, -0.25) is 9.78 Å². The minimum atomic E-state index is -1.27. The maximum Gasteiger partial charge on any atom is 0.230 e. The molecule has 1 amide bonds. The van der Waals surface area contributed by atoms with Gasteiger partial charge < -0.3 is 25.9 Å². The van der Waals surface area contributed by atoms with E-state index in [0.29, 0.717) is 12.2 Å². The molecule has 0 spiro atoms. The number of hydrogen-bond donors (Lipinski definition) is 3. The summed E-state index contributed by atoms with van der Waals surface area (Å²) in [5.74, 6) is -1.66. The van der Waals surface area contributed by atoms with Crippen LogP contribution in [0, 0.1) is 0 Å². The fourth-order valence-electron chi connectivity index (χ4n) is 2.80. The van der Waals surface area contributed by atoms with E-state index in [4.69, 9.17) is 0 Å². The quantitative estimate of drug-likeness (QED) is 0.506. The van der Waals surface area contributed by atoms with Crippen LogP contribution in [0.1, 0.15) is 12.0 Å². The molecule has 0 aliphatic rings. The van der Waals surface area contributed by atoms with Gasteiger partial charge in [0.15, 0.2) is 0 Å². The molecule has 0 saturated carbocycles. The van der Waals surface area contributed by atoms with E-state index in [2.05, 4.69) is 15.6 Å². The zero-order valence-electron chi connectivity index (χ0n) is 15.7. The number of amides is 1. The van der Waals surface area contributed by atoms with Crippen LogP contribution >= 0.6 is 0 Å². The monoisotopic (exact) mass is 390 g/mol.